The summed E-state index contributed by atoms with van der Waals surface area (Å²) in [5, 5.41) is 1.21. The van der Waals surface area contributed by atoms with Gasteiger partial charge in [0, 0.05) is 16.8 Å². The average molecular weight is 506 g/mol. The van der Waals surface area contributed by atoms with E-state index >= 15 is 0 Å². The van der Waals surface area contributed by atoms with Crippen LogP contribution in [-0.4, -0.2) is 22.0 Å². The van der Waals surface area contributed by atoms with Gasteiger partial charge in [0.05, 0.1) is 30.3 Å². The summed E-state index contributed by atoms with van der Waals surface area (Å²) in [6, 6.07) is 23.5. The van der Waals surface area contributed by atoms with Crippen molar-refractivity contribution in [2.75, 3.05) is 12.9 Å². The largest absolute Gasteiger partial charge is 0.497 e. The highest BCUT2D eigenvalue weighted by atomic mass is 35.5. The lowest BCUT2D eigenvalue weighted by Gasteiger charge is -2.21. The first-order valence-corrected chi connectivity index (χ1v) is 12.6. The van der Waals surface area contributed by atoms with Crippen molar-refractivity contribution in [3.8, 4) is 16.9 Å². The fraction of sp³-hybridized carbons (Fsp3) is 0.185. The van der Waals surface area contributed by atoms with E-state index in [0.717, 1.165) is 11.1 Å². The first-order chi connectivity index (χ1) is 17.0. The lowest BCUT2D eigenvalue weighted by atomic mass is 10.1. The van der Waals surface area contributed by atoms with Gasteiger partial charge in [-0.05, 0) is 34.9 Å². The summed E-state index contributed by atoms with van der Waals surface area (Å²) in [5.41, 5.74) is 8.55. The van der Waals surface area contributed by atoms with Crippen LogP contribution in [0.2, 0.25) is 5.02 Å². The van der Waals surface area contributed by atoms with Crippen molar-refractivity contribution in [3.63, 3.8) is 0 Å². The van der Waals surface area contributed by atoms with Crippen molar-refractivity contribution in [3.05, 3.63) is 116 Å². The topological polar surface area (TPSA) is 79.2 Å². The molecule has 2 heterocycles. The number of ether oxygens (including phenoxy) is 1. The van der Waals surface area contributed by atoms with Crippen LogP contribution in [0.15, 0.2) is 93.5 Å². The molecule has 0 spiro atoms. The zero-order valence-electron chi connectivity index (χ0n) is 19.1. The molecule has 1 aliphatic rings. The maximum Gasteiger partial charge on any atom is 0.332 e. The molecule has 2 N–H and O–H groups in total. The molecule has 0 saturated heterocycles. The second kappa shape index (κ2) is 9.77. The van der Waals surface area contributed by atoms with Gasteiger partial charge in [-0.2, -0.15) is 0 Å². The van der Waals surface area contributed by atoms with Crippen LogP contribution in [0.3, 0.4) is 0 Å². The van der Waals surface area contributed by atoms with Gasteiger partial charge in [-0.15, -0.1) is 11.8 Å². The van der Waals surface area contributed by atoms with Crippen molar-refractivity contribution in [2.24, 2.45) is 5.73 Å². The number of hydrogen-bond donors (Lipinski definition) is 1. The van der Waals surface area contributed by atoms with Crippen LogP contribution in [0.4, 0.5) is 0 Å². The Bertz CT molecular complexity index is 1500. The van der Waals surface area contributed by atoms with Gasteiger partial charge in [0.1, 0.15) is 5.75 Å². The predicted molar refractivity (Wildman–Crippen MR) is 141 cm³/mol. The summed E-state index contributed by atoms with van der Waals surface area (Å²) in [7, 11) is 1.58. The van der Waals surface area contributed by atoms with Crippen LogP contribution >= 0.6 is 23.4 Å². The third kappa shape index (κ3) is 4.31. The maximum atomic E-state index is 13.8. The van der Waals surface area contributed by atoms with E-state index in [1.54, 1.807) is 11.7 Å². The number of nitrogens with two attached hydrogens (primary N) is 1. The van der Waals surface area contributed by atoms with Gasteiger partial charge in [-0.25, -0.2) is 4.79 Å². The molecule has 0 aliphatic carbocycles. The molecule has 2 unspecified atom stereocenters. The molecule has 0 radical (unpaired) electrons. The summed E-state index contributed by atoms with van der Waals surface area (Å²) in [6.45, 7) is 0.0544. The zero-order chi connectivity index (χ0) is 24.5. The number of rotatable bonds is 6. The van der Waals surface area contributed by atoms with Crippen LogP contribution in [0.1, 0.15) is 23.2 Å². The van der Waals surface area contributed by atoms with E-state index in [1.165, 1.54) is 16.3 Å². The normalized spacial score (nSPS) is 15.6. The Morgan fingerprint density at radius 2 is 1.80 bits per heavy atom. The van der Waals surface area contributed by atoms with E-state index in [2.05, 4.69) is 0 Å². The standard InChI is InChI=1S/C27H24ClN3O3S/c1-34-19-11-7-10-18(14-19)24-25(32)30(15-22(29)17-8-3-2-4-9-17)27(33)31-23(16-35-26(24)31)20-12-5-6-13-21(20)28/h2-14,22-23H,15-16,29H2,1H3. The van der Waals surface area contributed by atoms with E-state index in [4.69, 9.17) is 22.1 Å². The Labute approximate surface area is 211 Å². The maximum absolute atomic E-state index is 13.8. The molecule has 8 heteroatoms. The SMILES string of the molecule is COc1cccc(-c2c3n(c(=O)n(CC(N)c4ccccc4)c2=O)C(c2ccccc2Cl)CS3)c1. The van der Waals surface area contributed by atoms with E-state index < -0.39 is 11.7 Å². The summed E-state index contributed by atoms with van der Waals surface area (Å²) in [6.07, 6.45) is 0. The first-order valence-electron chi connectivity index (χ1n) is 11.2. The molecule has 35 heavy (non-hydrogen) atoms. The minimum atomic E-state index is -0.522. The number of hydrogen-bond acceptors (Lipinski definition) is 5. The number of benzene rings is 3. The average Bonchev–Trinajstić information content (AvgIpc) is 3.32. The molecule has 0 bridgehead atoms. The third-order valence-electron chi connectivity index (χ3n) is 6.25. The molecule has 5 rings (SSSR count). The second-order valence-electron chi connectivity index (χ2n) is 8.35. The minimum Gasteiger partial charge on any atom is -0.497 e. The minimum absolute atomic E-state index is 0.0544. The van der Waals surface area contributed by atoms with Gasteiger partial charge in [0.2, 0.25) is 0 Å². The van der Waals surface area contributed by atoms with E-state index in [9.17, 15) is 9.59 Å². The van der Waals surface area contributed by atoms with Gasteiger partial charge in [0.15, 0.2) is 0 Å². The van der Waals surface area contributed by atoms with Gasteiger partial charge >= 0.3 is 5.69 Å². The Morgan fingerprint density at radius 1 is 1.06 bits per heavy atom. The molecule has 3 aromatic carbocycles. The number of nitrogens with zero attached hydrogens (tertiary/aromatic N) is 2. The number of methoxy groups -OCH3 is 1. The van der Waals surface area contributed by atoms with Crippen molar-refractivity contribution in [1.82, 2.24) is 9.13 Å². The van der Waals surface area contributed by atoms with E-state index in [1.807, 2.05) is 78.9 Å². The molecular weight excluding hydrogens is 482 g/mol. The quantitative estimate of drug-likeness (QED) is 0.383. The molecule has 4 aromatic rings. The van der Waals surface area contributed by atoms with Crippen LogP contribution < -0.4 is 21.7 Å². The molecule has 0 amide bonds. The van der Waals surface area contributed by atoms with E-state index in [0.29, 0.717) is 32.7 Å². The smallest absolute Gasteiger partial charge is 0.332 e. The summed E-state index contributed by atoms with van der Waals surface area (Å²) < 4.78 is 8.35. The van der Waals surface area contributed by atoms with Gasteiger partial charge in [0.25, 0.3) is 5.56 Å². The Hall–Kier alpha value is -3.26. The highest BCUT2D eigenvalue weighted by Gasteiger charge is 2.33. The molecule has 0 saturated carbocycles. The molecule has 1 aliphatic heterocycles. The Kier molecular flexibility index (Phi) is 6.56. The second-order valence-corrected chi connectivity index (χ2v) is 9.76. The molecule has 6 nitrogen and oxygen atoms in total. The van der Waals surface area contributed by atoms with Crippen molar-refractivity contribution in [2.45, 2.75) is 23.7 Å². The molecule has 0 fully saturated rings. The van der Waals surface area contributed by atoms with Crippen LogP contribution in [-0.2, 0) is 6.54 Å². The number of thioether (sulfide) groups is 1. The monoisotopic (exact) mass is 505 g/mol. The number of halogens is 1. The summed E-state index contributed by atoms with van der Waals surface area (Å²) >= 11 is 8.01. The number of aromatic nitrogens is 2. The van der Waals surface area contributed by atoms with Crippen molar-refractivity contribution >= 4 is 23.4 Å². The van der Waals surface area contributed by atoms with Crippen LogP contribution in [0, 0.1) is 0 Å². The van der Waals surface area contributed by atoms with Crippen LogP contribution in [0.5, 0.6) is 5.75 Å². The van der Waals surface area contributed by atoms with Gasteiger partial charge < -0.3 is 10.5 Å². The molecule has 178 valence electrons. The Balaban J connectivity index is 1.74. The van der Waals surface area contributed by atoms with Crippen molar-refractivity contribution < 1.29 is 4.74 Å². The molecule has 2 atom stereocenters. The van der Waals surface area contributed by atoms with Crippen LogP contribution in [0.25, 0.3) is 11.1 Å². The number of fused-ring (bicyclic) bond motifs is 1. The zero-order valence-corrected chi connectivity index (χ0v) is 20.6. The summed E-state index contributed by atoms with van der Waals surface area (Å²) in [5.74, 6) is 1.22. The van der Waals surface area contributed by atoms with Gasteiger partial charge in [-0.3, -0.25) is 13.9 Å². The molecule has 1 aromatic heterocycles. The predicted octanol–water partition coefficient (Wildman–Crippen LogP) is 4.73. The molecular formula is C27H24ClN3O3S. The highest BCUT2D eigenvalue weighted by molar-refractivity contribution is 7.99. The fourth-order valence-electron chi connectivity index (χ4n) is 4.46. The highest BCUT2D eigenvalue weighted by Crippen LogP contribution is 2.42. The lowest BCUT2D eigenvalue weighted by Crippen LogP contribution is -2.43. The first kappa shape index (κ1) is 23.5. The lowest BCUT2D eigenvalue weighted by molar-refractivity contribution is 0.415. The fourth-order valence-corrected chi connectivity index (χ4v) is 6.06. The Morgan fingerprint density at radius 3 is 2.54 bits per heavy atom. The summed E-state index contributed by atoms with van der Waals surface area (Å²) in [4.78, 5) is 27.7. The van der Waals surface area contributed by atoms with Crippen molar-refractivity contribution in [1.29, 1.82) is 0 Å². The third-order valence-corrected chi connectivity index (χ3v) is 7.75. The van der Waals surface area contributed by atoms with Gasteiger partial charge in [-0.1, -0.05) is 72.3 Å². The van der Waals surface area contributed by atoms with E-state index in [-0.39, 0.29) is 18.1 Å².